The van der Waals surface area contributed by atoms with Crippen LogP contribution in [-0.2, 0) is 16.1 Å². The van der Waals surface area contributed by atoms with Gasteiger partial charge in [0, 0.05) is 6.07 Å². The molecule has 0 aliphatic carbocycles. The molecular weight excluding hydrogens is 324 g/mol. The van der Waals surface area contributed by atoms with Crippen LogP contribution in [0.15, 0.2) is 58.4 Å². The molecule has 3 aromatic rings. The third-order valence-corrected chi connectivity index (χ3v) is 4.37. The van der Waals surface area contributed by atoms with Crippen LogP contribution in [0, 0.1) is 0 Å². The lowest BCUT2D eigenvalue weighted by atomic mass is 10.1. The zero-order valence-corrected chi connectivity index (χ0v) is 14.1. The van der Waals surface area contributed by atoms with Crippen LogP contribution in [0.25, 0.3) is 10.6 Å². The minimum absolute atomic E-state index is 0.0155. The predicted octanol–water partition coefficient (Wildman–Crippen LogP) is 3.80. The molecular formula is C18H18N2O3S. The fourth-order valence-corrected chi connectivity index (χ4v) is 2.94. The van der Waals surface area contributed by atoms with Crippen molar-refractivity contribution in [3.63, 3.8) is 0 Å². The van der Waals surface area contributed by atoms with E-state index in [1.165, 1.54) is 0 Å². The molecule has 6 heteroatoms. The highest BCUT2D eigenvalue weighted by Crippen LogP contribution is 2.25. The van der Waals surface area contributed by atoms with Crippen molar-refractivity contribution in [1.82, 2.24) is 10.5 Å². The summed E-state index contributed by atoms with van der Waals surface area (Å²) in [6, 6.07) is 15.5. The van der Waals surface area contributed by atoms with Crippen LogP contribution in [0.1, 0.15) is 24.2 Å². The first-order chi connectivity index (χ1) is 11.7. The van der Waals surface area contributed by atoms with E-state index in [1.54, 1.807) is 11.3 Å². The number of ether oxygens (including phenoxy) is 1. The smallest absolute Gasteiger partial charge is 0.246 e. The fraction of sp³-hybridized carbons (Fsp3) is 0.222. The molecule has 1 N–H and O–H groups in total. The number of nitrogens with one attached hydrogen (secondary N) is 1. The molecule has 0 fully saturated rings. The van der Waals surface area contributed by atoms with Crippen LogP contribution in [-0.4, -0.2) is 17.7 Å². The zero-order chi connectivity index (χ0) is 16.8. The number of carbonyl (C=O) groups is 1. The Labute approximate surface area is 144 Å². The number of thiophene rings is 1. The van der Waals surface area contributed by atoms with E-state index in [0.717, 1.165) is 10.4 Å². The summed E-state index contributed by atoms with van der Waals surface area (Å²) in [5.74, 6) is 0.555. The van der Waals surface area contributed by atoms with Gasteiger partial charge in [0.05, 0.1) is 17.5 Å². The largest absolute Gasteiger partial charge is 0.365 e. The molecule has 2 aromatic heterocycles. The molecule has 0 radical (unpaired) electrons. The maximum atomic E-state index is 11.9. The number of nitrogens with zero attached hydrogens (tertiary/aromatic N) is 1. The summed E-state index contributed by atoms with van der Waals surface area (Å²) >= 11 is 1.58. The van der Waals surface area contributed by atoms with Gasteiger partial charge in [-0.05, 0) is 23.9 Å². The van der Waals surface area contributed by atoms with E-state index in [4.69, 9.17) is 9.26 Å². The number of carbonyl (C=O) groups excluding carboxylic acids is 1. The number of benzene rings is 1. The topological polar surface area (TPSA) is 64.4 Å². The second-order valence-electron chi connectivity index (χ2n) is 5.35. The van der Waals surface area contributed by atoms with Gasteiger partial charge in [-0.3, -0.25) is 4.79 Å². The highest BCUT2D eigenvalue weighted by molar-refractivity contribution is 7.13. The van der Waals surface area contributed by atoms with Crippen LogP contribution in [0.4, 0.5) is 0 Å². The van der Waals surface area contributed by atoms with E-state index in [9.17, 15) is 4.79 Å². The molecule has 0 saturated carbocycles. The van der Waals surface area contributed by atoms with Gasteiger partial charge in [0.25, 0.3) is 0 Å². The van der Waals surface area contributed by atoms with Gasteiger partial charge in [-0.25, -0.2) is 0 Å². The second kappa shape index (κ2) is 7.90. The summed E-state index contributed by atoms with van der Waals surface area (Å²) in [5, 5.41) is 8.83. The summed E-state index contributed by atoms with van der Waals surface area (Å²) in [6.07, 6.45) is 0. The Morgan fingerprint density at radius 1 is 1.29 bits per heavy atom. The highest BCUT2D eigenvalue weighted by atomic mass is 32.1. The molecule has 0 saturated heterocycles. The van der Waals surface area contributed by atoms with Crippen molar-refractivity contribution in [1.29, 1.82) is 0 Å². The van der Waals surface area contributed by atoms with Crippen molar-refractivity contribution in [3.8, 4) is 10.6 Å². The number of amides is 1. The first-order valence-electron chi connectivity index (χ1n) is 7.64. The average Bonchev–Trinajstić information content (AvgIpc) is 3.27. The maximum absolute atomic E-state index is 11.9. The lowest BCUT2D eigenvalue weighted by Gasteiger charge is -2.14. The molecule has 24 heavy (non-hydrogen) atoms. The zero-order valence-electron chi connectivity index (χ0n) is 13.3. The van der Waals surface area contributed by atoms with Crippen molar-refractivity contribution >= 4 is 17.2 Å². The Morgan fingerprint density at radius 3 is 2.88 bits per heavy atom. The van der Waals surface area contributed by atoms with Crippen LogP contribution in [0.3, 0.4) is 0 Å². The van der Waals surface area contributed by atoms with Gasteiger partial charge in [-0.2, -0.15) is 0 Å². The van der Waals surface area contributed by atoms with E-state index in [1.807, 2.05) is 60.8 Å². The Hall–Kier alpha value is -2.44. The van der Waals surface area contributed by atoms with Gasteiger partial charge < -0.3 is 14.6 Å². The Morgan fingerprint density at radius 2 is 2.12 bits per heavy atom. The molecule has 124 valence electrons. The summed E-state index contributed by atoms with van der Waals surface area (Å²) in [4.78, 5) is 12.9. The summed E-state index contributed by atoms with van der Waals surface area (Å²) in [6.45, 7) is 2.17. The number of hydrogen-bond acceptors (Lipinski definition) is 5. The van der Waals surface area contributed by atoms with Crippen molar-refractivity contribution in [2.75, 3.05) is 6.61 Å². The fourth-order valence-electron chi connectivity index (χ4n) is 2.27. The SMILES string of the molecule is CC(NC(=O)COCc1cc(-c2cccs2)on1)c1ccccc1. The molecule has 0 aliphatic rings. The summed E-state index contributed by atoms with van der Waals surface area (Å²) in [5.41, 5.74) is 1.73. The standard InChI is InChI=1S/C18H18N2O3S/c1-13(14-6-3-2-4-7-14)19-18(21)12-22-11-15-10-16(23-20-15)17-8-5-9-24-17/h2-10,13H,11-12H2,1H3,(H,19,21). The third-order valence-electron chi connectivity index (χ3n) is 3.48. The third kappa shape index (κ3) is 4.31. The molecule has 0 spiro atoms. The Bertz CT molecular complexity index is 769. The lowest BCUT2D eigenvalue weighted by Crippen LogP contribution is -2.30. The predicted molar refractivity (Wildman–Crippen MR) is 92.5 cm³/mol. The van der Waals surface area contributed by atoms with Crippen molar-refractivity contribution in [2.45, 2.75) is 19.6 Å². The molecule has 3 rings (SSSR count). The Balaban J connectivity index is 1.44. The minimum atomic E-state index is -0.159. The molecule has 1 unspecified atom stereocenters. The number of hydrogen-bond donors (Lipinski definition) is 1. The molecule has 1 aromatic carbocycles. The lowest BCUT2D eigenvalue weighted by molar-refractivity contribution is -0.126. The van der Waals surface area contributed by atoms with Crippen molar-refractivity contribution in [3.05, 3.63) is 65.2 Å². The van der Waals surface area contributed by atoms with Gasteiger partial charge in [0.15, 0.2) is 5.76 Å². The van der Waals surface area contributed by atoms with E-state index in [0.29, 0.717) is 11.5 Å². The highest BCUT2D eigenvalue weighted by Gasteiger charge is 2.11. The van der Waals surface area contributed by atoms with Gasteiger partial charge in [-0.1, -0.05) is 41.6 Å². The number of rotatable bonds is 7. The normalized spacial score (nSPS) is 12.0. The quantitative estimate of drug-likeness (QED) is 0.709. The van der Waals surface area contributed by atoms with Gasteiger partial charge in [0.2, 0.25) is 5.91 Å². The van der Waals surface area contributed by atoms with Gasteiger partial charge in [-0.15, -0.1) is 11.3 Å². The van der Waals surface area contributed by atoms with E-state index in [2.05, 4.69) is 10.5 Å². The summed E-state index contributed by atoms with van der Waals surface area (Å²) < 4.78 is 10.7. The molecule has 5 nitrogen and oxygen atoms in total. The molecule has 2 heterocycles. The van der Waals surface area contributed by atoms with E-state index < -0.39 is 0 Å². The van der Waals surface area contributed by atoms with Gasteiger partial charge in [0.1, 0.15) is 12.3 Å². The molecule has 0 aliphatic heterocycles. The van der Waals surface area contributed by atoms with Crippen molar-refractivity contribution < 1.29 is 14.1 Å². The van der Waals surface area contributed by atoms with Crippen LogP contribution in [0.2, 0.25) is 0 Å². The Kier molecular flexibility index (Phi) is 5.40. The van der Waals surface area contributed by atoms with E-state index >= 15 is 0 Å². The minimum Gasteiger partial charge on any atom is -0.365 e. The molecule has 1 amide bonds. The molecule has 0 bridgehead atoms. The first-order valence-corrected chi connectivity index (χ1v) is 8.52. The molecule has 1 atom stereocenters. The number of aromatic nitrogens is 1. The monoisotopic (exact) mass is 342 g/mol. The average molecular weight is 342 g/mol. The van der Waals surface area contributed by atoms with E-state index in [-0.39, 0.29) is 25.2 Å². The second-order valence-corrected chi connectivity index (χ2v) is 6.30. The first kappa shape index (κ1) is 16.4. The van der Waals surface area contributed by atoms with Crippen molar-refractivity contribution in [2.24, 2.45) is 0 Å². The van der Waals surface area contributed by atoms with Gasteiger partial charge >= 0.3 is 0 Å². The van der Waals surface area contributed by atoms with Crippen LogP contribution >= 0.6 is 11.3 Å². The summed E-state index contributed by atoms with van der Waals surface area (Å²) in [7, 11) is 0. The van der Waals surface area contributed by atoms with Crippen LogP contribution in [0.5, 0.6) is 0 Å². The van der Waals surface area contributed by atoms with Crippen LogP contribution < -0.4 is 5.32 Å². The maximum Gasteiger partial charge on any atom is 0.246 e.